The molecule has 0 spiro atoms. The van der Waals surface area contributed by atoms with Gasteiger partial charge in [0.05, 0.1) is 11.1 Å². The molecule has 0 bridgehead atoms. The van der Waals surface area contributed by atoms with Gasteiger partial charge >= 0.3 is 5.97 Å². The molecule has 3 amide bonds. The molecule has 1 N–H and O–H groups in total. The van der Waals surface area contributed by atoms with Gasteiger partial charge in [0.15, 0.2) is 6.10 Å². The second-order valence-corrected chi connectivity index (χ2v) is 6.72. The maximum absolute atomic E-state index is 12.2. The number of esters is 1. The topological polar surface area (TPSA) is 92.8 Å². The lowest BCUT2D eigenvalue weighted by Gasteiger charge is -2.24. The minimum Gasteiger partial charge on any atom is -0.451 e. The number of carbonyl (C=O) groups excluding carboxylic acids is 4. The van der Waals surface area contributed by atoms with Crippen LogP contribution in [0.2, 0.25) is 0 Å². The fraction of sp³-hybridized carbons (Fsp3) is 0.474. The Kier molecular flexibility index (Phi) is 5.35. The molecule has 26 heavy (non-hydrogen) atoms. The molecule has 0 saturated heterocycles. The summed E-state index contributed by atoms with van der Waals surface area (Å²) in [5.74, 6) is -2.19. The van der Waals surface area contributed by atoms with E-state index < -0.39 is 30.4 Å². The third-order valence-electron chi connectivity index (χ3n) is 4.79. The van der Waals surface area contributed by atoms with Gasteiger partial charge in [-0.3, -0.25) is 24.1 Å². The molecule has 1 saturated carbocycles. The number of nitrogens with zero attached hydrogens (tertiary/aromatic N) is 1. The third kappa shape index (κ3) is 3.76. The summed E-state index contributed by atoms with van der Waals surface area (Å²) in [6.45, 7) is 0.978. The largest absolute Gasteiger partial charge is 0.451 e. The van der Waals surface area contributed by atoms with Gasteiger partial charge < -0.3 is 10.1 Å². The fourth-order valence-electron chi connectivity index (χ4n) is 3.37. The van der Waals surface area contributed by atoms with Gasteiger partial charge in [-0.2, -0.15) is 0 Å². The monoisotopic (exact) mass is 358 g/mol. The van der Waals surface area contributed by atoms with Crippen LogP contribution in [0, 0.1) is 0 Å². The molecule has 1 aromatic rings. The number of amides is 3. The summed E-state index contributed by atoms with van der Waals surface area (Å²) in [5, 5.41) is 2.89. The molecule has 0 aromatic heterocycles. The Bertz CT molecular complexity index is 704. The van der Waals surface area contributed by atoms with E-state index in [4.69, 9.17) is 4.74 Å². The van der Waals surface area contributed by atoms with Gasteiger partial charge in [0, 0.05) is 6.04 Å². The van der Waals surface area contributed by atoms with Crippen LogP contribution in [-0.4, -0.2) is 47.3 Å². The number of ether oxygens (including phenoxy) is 1. The molecule has 1 atom stereocenters. The Balaban J connectivity index is 1.53. The number of nitrogens with one attached hydrogen (secondary N) is 1. The fourth-order valence-corrected chi connectivity index (χ4v) is 3.37. The Morgan fingerprint density at radius 1 is 1.12 bits per heavy atom. The summed E-state index contributed by atoms with van der Waals surface area (Å²) in [5.41, 5.74) is 0.543. The van der Waals surface area contributed by atoms with Crippen molar-refractivity contribution >= 4 is 23.7 Å². The zero-order chi connectivity index (χ0) is 18.7. The molecule has 3 rings (SSSR count). The van der Waals surface area contributed by atoms with Crippen molar-refractivity contribution < 1.29 is 23.9 Å². The van der Waals surface area contributed by atoms with Gasteiger partial charge in [-0.05, 0) is 31.9 Å². The standard InChI is InChI=1S/C19H22N2O5/c1-12(17(23)20-13-7-3-2-4-8-13)26-16(22)11-21-18(24)14-9-5-6-10-15(14)19(21)25/h5-6,9-10,12-13H,2-4,7-8,11H2,1H3,(H,20,23)/t12-/m0/s1. The second kappa shape index (κ2) is 7.68. The Morgan fingerprint density at radius 3 is 2.27 bits per heavy atom. The highest BCUT2D eigenvalue weighted by Gasteiger charge is 2.37. The predicted octanol–water partition coefficient (Wildman–Crippen LogP) is 1.66. The summed E-state index contributed by atoms with van der Waals surface area (Å²) in [6.07, 6.45) is 4.23. The summed E-state index contributed by atoms with van der Waals surface area (Å²) < 4.78 is 5.11. The number of imide groups is 1. The second-order valence-electron chi connectivity index (χ2n) is 6.72. The Hall–Kier alpha value is -2.70. The number of hydrogen-bond donors (Lipinski definition) is 1. The summed E-state index contributed by atoms with van der Waals surface area (Å²) in [6, 6.07) is 6.52. The van der Waals surface area contributed by atoms with Gasteiger partial charge in [0.1, 0.15) is 6.54 Å². The van der Waals surface area contributed by atoms with E-state index in [1.165, 1.54) is 13.3 Å². The number of hydrogen-bond acceptors (Lipinski definition) is 5. The molecule has 1 heterocycles. The van der Waals surface area contributed by atoms with Crippen LogP contribution < -0.4 is 5.32 Å². The highest BCUT2D eigenvalue weighted by Crippen LogP contribution is 2.22. The van der Waals surface area contributed by atoms with E-state index in [1.807, 2.05) is 0 Å². The summed E-state index contributed by atoms with van der Waals surface area (Å²) in [4.78, 5) is 49.6. The van der Waals surface area contributed by atoms with E-state index in [0.29, 0.717) is 0 Å². The van der Waals surface area contributed by atoms with Crippen LogP contribution in [0.3, 0.4) is 0 Å². The number of carbonyl (C=O) groups is 4. The minimum absolute atomic E-state index is 0.119. The first-order valence-corrected chi connectivity index (χ1v) is 8.92. The van der Waals surface area contributed by atoms with Crippen LogP contribution in [0.1, 0.15) is 59.7 Å². The van der Waals surface area contributed by atoms with Crippen molar-refractivity contribution in [2.75, 3.05) is 6.54 Å². The highest BCUT2D eigenvalue weighted by molar-refractivity contribution is 6.22. The van der Waals surface area contributed by atoms with E-state index in [0.717, 1.165) is 30.6 Å². The smallest absolute Gasteiger partial charge is 0.326 e. The van der Waals surface area contributed by atoms with Gasteiger partial charge in [-0.25, -0.2) is 0 Å². The molecule has 1 aromatic carbocycles. The van der Waals surface area contributed by atoms with E-state index in [2.05, 4.69) is 5.32 Å². The Labute approximate surface area is 151 Å². The van der Waals surface area contributed by atoms with Crippen molar-refractivity contribution in [2.45, 2.75) is 51.2 Å². The van der Waals surface area contributed by atoms with Crippen LogP contribution in [0.15, 0.2) is 24.3 Å². The van der Waals surface area contributed by atoms with Crippen molar-refractivity contribution in [3.05, 3.63) is 35.4 Å². The van der Waals surface area contributed by atoms with E-state index in [9.17, 15) is 19.2 Å². The molecule has 0 radical (unpaired) electrons. The quantitative estimate of drug-likeness (QED) is 0.638. The van der Waals surface area contributed by atoms with Crippen LogP contribution in [-0.2, 0) is 14.3 Å². The van der Waals surface area contributed by atoms with Crippen LogP contribution >= 0.6 is 0 Å². The first-order chi connectivity index (χ1) is 12.5. The van der Waals surface area contributed by atoms with E-state index >= 15 is 0 Å². The van der Waals surface area contributed by atoms with Crippen molar-refractivity contribution in [3.8, 4) is 0 Å². The molecule has 7 heteroatoms. The van der Waals surface area contributed by atoms with Crippen LogP contribution in [0.5, 0.6) is 0 Å². The average Bonchev–Trinajstić information content (AvgIpc) is 2.88. The average molecular weight is 358 g/mol. The molecule has 1 aliphatic heterocycles. The predicted molar refractivity (Wildman–Crippen MR) is 92.4 cm³/mol. The van der Waals surface area contributed by atoms with E-state index in [1.54, 1.807) is 24.3 Å². The molecular formula is C19H22N2O5. The van der Waals surface area contributed by atoms with Gasteiger partial charge in [0.25, 0.3) is 17.7 Å². The molecular weight excluding hydrogens is 336 g/mol. The van der Waals surface area contributed by atoms with E-state index in [-0.39, 0.29) is 23.1 Å². The van der Waals surface area contributed by atoms with Gasteiger partial charge in [-0.1, -0.05) is 31.4 Å². The number of fused-ring (bicyclic) bond motifs is 1. The zero-order valence-corrected chi connectivity index (χ0v) is 14.7. The van der Waals surface area contributed by atoms with Crippen LogP contribution in [0.4, 0.5) is 0 Å². The molecule has 2 aliphatic rings. The maximum atomic E-state index is 12.2. The molecule has 138 valence electrons. The lowest BCUT2D eigenvalue weighted by molar-refractivity contribution is -0.155. The van der Waals surface area contributed by atoms with Crippen LogP contribution in [0.25, 0.3) is 0 Å². The zero-order valence-electron chi connectivity index (χ0n) is 14.7. The van der Waals surface area contributed by atoms with Crippen molar-refractivity contribution in [1.29, 1.82) is 0 Å². The minimum atomic E-state index is -0.973. The summed E-state index contributed by atoms with van der Waals surface area (Å²) in [7, 11) is 0. The summed E-state index contributed by atoms with van der Waals surface area (Å²) >= 11 is 0. The SMILES string of the molecule is C[C@H](OC(=O)CN1C(=O)c2ccccc2C1=O)C(=O)NC1CCCCC1. The normalized spacial score (nSPS) is 18.4. The van der Waals surface area contributed by atoms with Crippen molar-refractivity contribution in [3.63, 3.8) is 0 Å². The molecule has 7 nitrogen and oxygen atoms in total. The lowest BCUT2D eigenvalue weighted by Crippen LogP contribution is -2.44. The van der Waals surface area contributed by atoms with Crippen molar-refractivity contribution in [1.82, 2.24) is 10.2 Å². The highest BCUT2D eigenvalue weighted by atomic mass is 16.5. The molecule has 0 unspecified atom stereocenters. The maximum Gasteiger partial charge on any atom is 0.326 e. The lowest BCUT2D eigenvalue weighted by atomic mass is 9.95. The Morgan fingerprint density at radius 2 is 1.69 bits per heavy atom. The molecule has 1 fully saturated rings. The first kappa shape index (κ1) is 18.1. The van der Waals surface area contributed by atoms with Gasteiger partial charge in [0.2, 0.25) is 0 Å². The third-order valence-corrected chi connectivity index (χ3v) is 4.79. The number of benzene rings is 1. The van der Waals surface area contributed by atoms with Crippen molar-refractivity contribution in [2.24, 2.45) is 0 Å². The van der Waals surface area contributed by atoms with Gasteiger partial charge in [-0.15, -0.1) is 0 Å². The molecule has 1 aliphatic carbocycles. The first-order valence-electron chi connectivity index (χ1n) is 8.92. The number of rotatable bonds is 5.